The maximum atomic E-state index is 10.3. The number of hydrogen-bond acceptors (Lipinski definition) is 4. The lowest BCUT2D eigenvalue weighted by Gasteiger charge is -2.29. The summed E-state index contributed by atoms with van der Waals surface area (Å²) in [5.74, 6) is 0.288. The molecule has 4 nitrogen and oxygen atoms in total. The van der Waals surface area contributed by atoms with Gasteiger partial charge in [-0.25, -0.2) is 0 Å². The first-order valence-corrected chi connectivity index (χ1v) is 7.87. The number of benzene rings is 1. The molecule has 0 fully saturated rings. The van der Waals surface area contributed by atoms with Crippen LogP contribution < -0.4 is 17.2 Å². The highest BCUT2D eigenvalue weighted by Gasteiger charge is 2.25. The number of aromatic hydroxyl groups is 1. The first-order valence-electron chi connectivity index (χ1n) is 7.87. The second kappa shape index (κ2) is 6.19. The number of nitrogens with two attached hydrogens (primary N) is 3. The van der Waals surface area contributed by atoms with Crippen LogP contribution in [0.4, 0.5) is 0 Å². The summed E-state index contributed by atoms with van der Waals surface area (Å²) in [6.45, 7) is 11.9. The fraction of sp³-hybridized carbons (Fsp3) is 0.667. The second-order valence-corrected chi connectivity index (χ2v) is 8.70. The van der Waals surface area contributed by atoms with E-state index in [1.54, 1.807) is 6.07 Å². The molecule has 0 bridgehead atoms. The predicted molar refractivity (Wildman–Crippen MR) is 94.0 cm³/mol. The van der Waals surface area contributed by atoms with E-state index in [1.807, 2.05) is 47.6 Å². The third kappa shape index (κ3) is 6.34. The van der Waals surface area contributed by atoms with Crippen molar-refractivity contribution in [2.75, 3.05) is 0 Å². The smallest absolute Gasteiger partial charge is 0.119 e. The summed E-state index contributed by atoms with van der Waals surface area (Å²) in [5, 5.41) is 10.3. The van der Waals surface area contributed by atoms with Crippen molar-refractivity contribution in [1.82, 2.24) is 0 Å². The number of phenols is 1. The molecule has 0 aliphatic heterocycles. The number of phenolic OH excluding ortho intramolecular Hbond substituents is 1. The summed E-state index contributed by atoms with van der Waals surface area (Å²) in [4.78, 5) is 0. The Hall–Kier alpha value is -1.10. The van der Waals surface area contributed by atoms with Gasteiger partial charge < -0.3 is 22.3 Å². The van der Waals surface area contributed by atoms with Crippen molar-refractivity contribution in [2.45, 2.75) is 77.4 Å². The Kier molecular flexibility index (Phi) is 5.33. The molecule has 7 N–H and O–H groups in total. The van der Waals surface area contributed by atoms with E-state index in [4.69, 9.17) is 17.2 Å². The fourth-order valence-electron chi connectivity index (χ4n) is 2.71. The third-order valence-electron chi connectivity index (χ3n) is 3.41. The van der Waals surface area contributed by atoms with Crippen LogP contribution in [0.5, 0.6) is 5.75 Å². The summed E-state index contributed by atoms with van der Waals surface area (Å²) in [6.07, 6.45) is 2.01. The van der Waals surface area contributed by atoms with Crippen molar-refractivity contribution in [3.8, 4) is 5.75 Å². The molecule has 126 valence electrons. The van der Waals surface area contributed by atoms with Crippen molar-refractivity contribution in [3.05, 3.63) is 28.8 Å². The maximum absolute atomic E-state index is 10.3. The van der Waals surface area contributed by atoms with Gasteiger partial charge in [-0.1, -0.05) is 6.07 Å². The van der Waals surface area contributed by atoms with E-state index < -0.39 is 5.54 Å². The van der Waals surface area contributed by atoms with E-state index in [1.165, 1.54) is 0 Å². The predicted octanol–water partition coefficient (Wildman–Crippen LogP) is 2.23. The molecular formula is C18H33N3O. The topological polar surface area (TPSA) is 98.3 Å². The Morgan fingerprint density at radius 3 is 1.55 bits per heavy atom. The van der Waals surface area contributed by atoms with E-state index in [9.17, 15) is 5.11 Å². The lowest BCUT2D eigenvalue weighted by atomic mass is 9.81. The lowest BCUT2D eigenvalue weighted by molar-refractivity contribution is 0.439. The van der Waals surface area contributed by atoms with Crippen molar-refractivity contribution in [3.63, 3.8) is 0 Å². The van der Waals surface area contributed by atoms with E-state index in [0.717, 1.165) is 23.1 Å². The standard InChI is InChI=1S/C18H33N3O/c1-16(2,19)9-12-7-8-15(22)14(11-18(5,6)21)13(12)10-17(3,4)20/h7-8,22H,9-11,19-21H2,1-6H3. The molecule has 0 spiro atoms. The summed E-state index contributed by atoms with van der Waals surface area (Å²) in [6, 6.07) is 3.70. The van der Waals surface area contributed by atoms with Crippen LogP contribution in [0.15, 0.2) is 12.1 Å². The summed E-state index contributed by atoms with van der Waals surface area (Å²) >= 11 is 0. The molecule has 0 unspecified atom stereocenters. The minimum Gasteiger partial charge on any atom is -0.508 e. The third-order valence-corrected chi connectivity index (χ3v) is 3.41. The van der Waals surface area contributed by atoms with E-state index in [2.05, 4.69) is 0 Å². The normalized spacial score (nSPS) is 13.5. The Morgan fingerprint density at radius 1 is 0.727 bits per heavy atom. The SMILES string of the molecule is CC(C)(N)Cc1ccc(O)c(CC(C)(C)N)c1CC(C)(C)N. The lowest BCUT2D eigenvalue weighted by Crippen LogP contribution is -2.39. The van der Waals surface area contributed by atoms with Crippen LogP contribution in [-0.2, 0) is 19.3 Å². The molecular weight excluding hydrogens is 274 g/mol. The molecule has 1 aromatic rings. The van der Waals surface area contributed by atoms with Crippen LogP contribution in [-0.4, -0.2) is 21.7 Å². The van der Waals surface area contributed by atoms with Crippen molar-refractivity contribution in [2.24, 2.45) is 17.2 Å². The molecule has 0 aliphatic carbocycles. The van der Waals surface area contributed by atoms with Gasteiger partial charge in [0, 0.05) is 16.6 Å². The van der Waals surface area contributed by atoms with Gasteiger partial charge >= 0.3 is 0 Å². The van der Waals surface area contributed by atoms with Crippen LogP contribution in [0, 0.1) is 0 Å². The van der Waals surface area contributed by atoms with Gasteiger partial charge in [-0.05, 0) is 83.6 Å². The molecule has 1 aromatic carbocycles. The van der Waals surface area contributed by atoms with Crippen LogP contribution in [0.2, 0.25) is 0 Å². The zero-order valence-electron chi connectivity index (χ0n) is 15.0. The summed E-state index contributed by atoms with van der Waals surface area (Å²) < 4.78 is 0. The maximum Gasteiger partial charge on any atom is 0.119 e. The average Bonchev–Trinajstić information content (AvgIpc) is 2.22. The molecule has 0 heterocycles. The van der Waals surface area contributed by atoms with Crippen LogP contribution in [0.3, 0.4) is 0 Å². The molecule has 0 saturated heterocycles. The van der Waals surface area contributed by atoms with E-state index >= 15 is 0 Å². The van der Waals surface area contributed by atoms with Gasteiger partial charge in [0.1, 0.15) is 5.75 Å². The molecule has 0 atom stereocenters. The Balaban J connectivity index is 3.42. The molecule has 0 radical (unpaired) electrons. The monoisotopic (exact) mass is 307 g/mol. The van der Waals surface area contributed by atoms with Gasteiger partial charge in [-0.15, -0.1) is 0 Å². The fourth-order valence-corrected chi connectivity index (χ4v) is 2.71. The zero-order valence-corrected chi connectivity index (χ0v) is 15.0. The van der Waals surface area contributed by atoms with Gasteiger partial charge in [0.25, 0.3) is 0 Å². The summed E-state index contributed by atoms with van der Waals surface area (Å²) in [5.41, 5.74) is 20.7. The van der Waals surface area contributed by atoms with Gasteiger partial charge in [0.2, 0.25) is 0 Å². The van der Waals surface area contributed by atoms with Crippen LogP contribution in [0.1, 0.15) is 58.2 Å². The summed E-state index contributed by atoms with van der Waals surface area (Å²) in [7, 11) is 0. The highest BCUT2D eigenvalue weighted by atomic mass is 16.3. The van der Waals surface area contributed by atoms with Crippen molar-refractivity contribution in [1.29, 1.82) is 0 Å². The molecule has 22 heavy (non-hydrogen) atoms. The van der Waals surface area contributed by atoms with Crippen molar-refractivity contribution >= 4 is 0 Å². The first-order chi connectivity index (χ1) is 9.68. The quantitative estimate of drug-likeness (QED) is 0.647. The highest BCUT2D eigenvalue weighted by Crippen LogP contribution is 2.31. The Bertz CT molecular complexity index is 517. The van der Waals surface area contributed by atoms with Gasteiger partial charge in [0.15, 0.2) is 0 Å². The van der Waals surface area contributed by atoms with Gasteiger partial charge in [-0.2, -0.15) is 0 Å². The Labute approximate surface area is 135 Å². The van der Waals surface area contributed by atoms with Crippen molar-refractivity contribution < 1.29 is 5.11 Å². The van der Waals surface area contributed by atoms with Crippen LogP contribution in [0.25, 0.3) is 0 Å². The van der Waals surface area contributed by atoms with Crippen LogP contribution >= 0.6 is 0 Å². The minimum atomic E-state index is -0.401. The molecule has 0 amide bonds. The van der Waals surface area contributed by atoms with E-state index in [0.29, 0.717) is 12.8 Å². The number of rotatable bonds is 6. The van der Waals surface area contributed by atoms with Gasteiger partial charge in [0.05, 0.1) is 0 Å². The molecule has 1 rings (SSSR count). The van der Waals surface area contributed by atoms with E-state index in [-0.39, 0.29) is 16.8 Å². The average molecular weight is 307 g/mol. The molecule has 4 heteroatoms. The Morgan fingerprint density at radius 2 is 1.14 bits per heavy atom. The zero-order chi connectivity index (χ0) is 17.3. The van der Waals surface area contributed by atoms with Gasteiger partial charge in [-0.3, -0.25) is 0 Å². The molecule has 0 aromatic heterocycles. The second-order valence-electron chi connectivity index (χ2n) is 8.70. The minimum absolute atomic E-state index is 0.288. The number of hydrogen-bond donors (Lipinski definition) is 4. The first kappa shape index (κ1) is 18.9. The molecule has 0 saturated carbocycles. The molecule has 0 aliphatic rings. The largest absolute Gasteiger partial charge is 0.508 e. The highest BCUT2D eigenvalue weighted by molar-refractivity contribution is 5.46.